The van der Waals surface area contributed by atoms with E-state index in [1.807, 2.05) is 0 Å². The highest BCUT2D eigenvalue weighted by molar-refractivity contribution is 5.16. The maximum absolute atomic E-state index is 12.3. The Morgan fingerprint density at radius 3 is 2.57 bits per heavy atom. The average Bonchev–Trinajstić information content (AvgIpc) is 2.42. The third-order valence-electron chi connectivity index (χ3n) is 2.00. The van der Waals surface area contributed by atoms with E-state index in [-0.39, 0.29) is 10.4 Å². The van der Waals surface area contributed by atoms with E-state index in [1.165, 1.54) is 13.1 Å². The monoisotopic (exact) mass is 207 g/mol. The molecule has 0 saturated carbocycles. The molecule has 0 bridgehead atoms. The summed E-state index contributed by atoms with van der Waals surface area (Å²) in [6.07, 6.45) is -1.97. The quantitative estimate of drug-likeness (QED) is 0.817. The number of aromatic nitrogens is 2. The van der Waals surface area contributed by atoms with Crippen molar-refractivity contribution in [1.29, 1.82) is 0 Å². The van der Waals surface area contributed by atoms with Crippen LogP contribution in [0.3, 0.4) is 0 Å². The summed E-state index contributed by atoms with van der Waals surface area (Å²) in [5.41, 5.74) is 6.02. The largest absolute Gasteiger partial charge is 0.504 e. The Morgan fingerprint density at radius 2 is 2.14 bits per heavy atom. The van der Waals surface area contributed by atoms with Crippen LogP contribution >= 0.6 is 0 Å². The maximum Gasteiger partial charge on any atom is 0.504 e. The van der Waals surface area contributed by atoms with Crippen LogP contribution in [0.1, 0.15) is 17.7 Å². The van der Waals surface area contributed by atoms with Crippen LogP contribution < -0.4 is 5.73 Å². The summed E-state index contributed by atoms with van der Waals surface area (Å²) in [6, 6.07) is 0. The van der Waals surface area contributed by atoms with Gasteiger partial charge in [0.15, 0.2) is 0 Å². The van der Waals surface area contributed by atoms with Crippen LogP contribution in [0, 0.1) is 6.92 Å². The lowest BCUT2D eigenvalue weighted by atomic mass is 10.1. The third kappa shape index (κ3) is 2.25. The summed E-state index contributed by atoms with van der Waals surface area (Å²) in [5.74, 6) is 0. The van der Waals surface area contributed by atoms with Crippen molar-refractivity contribution in [3.8, 4) is 0 Å². The van der Waals surface area contributed by atoms with Crippen molar-refractivity contribution >= 4 is 0 Å². The molecule has 1 aromatic heterocycles. The van der Waals surface area contributed by atoms with E-state index in [1.54, 1.807) is 0 Å². The second kappa shape index (κ2) is 4.00. The summed E-state index contributed by atoms with van der Waals surface area (Å²) < 4.78 is 36.9. The van der Waals surface area contributed by atoms with Gasteiger partial charge < -0.3 is 5.73 Å². The van der Waals surface area contributed by atoms with Gasteiger partial charge in [0.25, 0.3) is 0 Å². The molecule has 6 heteroatoms. The molecule has 0 unspecified atom stereocenters. The molecule has 80 valence electrons. The van der Waals surface area contributed by atoms with Gasteiger partial charge in [-0.2, -0.15) is 9.78 Å². The van der Waals surface area contributed by atoms with E-state index < -0.39 is 6.30 Å². The Bertz CT molecular complexity index is 303. The zero-order valence-corrected chi connectivity index (χ0v) is 7.80. The van der Waals surface area contributed by atoms with E-state index in [0.717, 1.165) is 0 Å². The number of nitrogens with zero attached hydrogens (tertiary/aromatic N) is 2. The van der Waals surface area contributed by atoms with Crippen molar-refractivity contribution in [2.75, 3.05) is 6.54 Å². The predicted octanol–water partition coefficient (Wildman–Crippen LogP) is 1.56. The summed E-state index contributed by atoms with van der Waals surface area (Å²) in [5, 5.41) is 3.29. The lowest BCUT2D eigenvalue weighted by Crippen LogP contribution is -2.19. The molecule has 0 saturated heterocycles. The van der Waals surface area contributed by atoms with Gasteiger partial charge >= 0.3 is 6.30 Å². The highest BCUT2D eigenvalue weighted by Crippen LogP contribution is 2.24. The minimum atomic E-state index is -4.43. The van der Waals surface area contributed by atoms with E-state index in [0.29, 0.717) is 24.9 Å². The smallest absolute Gasteiger partial charge is 0.330 e. The fourth-order valence-corrected chi connectivity index (χ4v) is 1.24. The summed E-state index contributed by atoms with van der Waals surface area (Å²) >= 11 is 0. The van der Waals surface area contributed by atoms with Crippen LogP contribution in [0.5, 0.6) is 0 Å². The van der Waals surface area contributed by atoms with E-state index in [4.69, 9.17) is 5.73 Å². The van der Waals surface area contributed by atoms with Crippen LogP contribution in [0.15, 0.2) is 6.20 Å². The molecule has 1 heterocycles. The molecule has 0 aliphatic heterocycles. The lowest BCUT2D eigenvalue weighted by Gasteiger charge is -2.08. The van der Waals surface area contributed by atoms with Gasteiger partial charge in [0.1, 0.15) is 0 Å². The number of hydrogen-bond donors (Lipinski definition) is 1. The molecular formula is C8H12F3N3. The van der Waals surface area contributed by atoms with Crippen molar-refractivity contribution < 1.29 is 13.2 Å². The average molecular weight is 207 g/mol. The SMILES string of the molecule is Cc1c(CCCN)cnn1C(F)(F)F. The van der Waals surface area contributed by atoms with Gasteiger partial charge in [-0.3, -0.25) is 0 Å². The molecule has 0 radical (unpaired) electrons. The third-order valence-corrected chi connectivity index (χ3v) is 2.00. The van der Waals surface area contributed by atoms with Gasteiger partial charge in [0, 0.05) is 5.69 Å². The van der Waals surface area contributed by atoms with Gasteiger partial charge in [0.2, 0.25) is 0 Å². The molecule has 0 atom stereocenters. The number of nitrogens with two attached hydrogens (primary N) is 1. The van der Waals surface area contributed by atoms with E-state index in [2.05, 4.69) is 5.10 Å². The molecule has 3 nitrogen and oxygen atoms in total. The minimum absolute atomic E-state index is 0.0822. The van der Waals surface area contributed by atoms with Crippen molar-refractivity contribution in [2.45, 2.75) is 26.1 Å². The molecule has 0 aliphatic rings. The molecule has 0 spiro atoms. The van der Waals surface area contributed by atoms with Gasteiger partial charge in [-0.05, 0) is 31.9 Å². The lowest BCUT2D eigenvalue weighted by molar-refractivity contribution is -0.213. The molecule has 0 amide bonds. The van der Waals surface area contributed by atoms with Crippen molar-refractivity contribution in [1.82, 2.24) is 9.78 Å². The Labute approximate surface area is 79.7 Å². The van der Waals surface area contributed by atoms with Crippen molar-refractivity contribution in [2.24, 2.45) is 5.73 Å². The van der Waals surface area contributed by atoms with Crippen LogP contribution in [0.2, 0.25) is 0 Å². The molecule has 1 rings (SSSR count). The number of hydrogen-bond acceptors (Lipinski definition) is 2. The second-order valence-corrected chi connectivity index (χ2v) is 3.03. The fraction of sp³-hybridized carbons (Fsp3) is 0.625. The van der Waals surface area contributed by atoms with Crippen molar-refractivity contribution in [3.05, 3.63) is 17.5 Å². The van der Waals surface area contributed by atoms with Crippen LogP contribution in [0.4, 0.5) is 13.2 Å². The minimum Gasteiger partial charge on any atom is -0.330 e. The summed E-state index contributed by atoms with van der Waals surface area (Å²) in [4.78, 5) is 0. The Morgan fingerprint density at radius 1 is 1.50 bits per heavy atom. The highest BCUT2D eigenvalue weighted by Gasteiger charge is 2.33. The fourth-order valence-electron chi connectivity index (χ4n) is 1.24. The summed E-state index contributed by atoms with van der Waals surface area (Å²) in [7, 11) is 0. The van der Waals surface area contributed by atoms with Gasteiger partial charge in [-0.15, -0.1) is 13.2 Å². The molecule has 0 aromatic carbocycles. The molecule has 0 fully saturated rings. The van der Waals surface area contributed by atoms with Crippen LogP contribution in [-0.2, 0) is 12.7 Å². The van der Waals surface area contributed by atoms with E-state index >= 15 is 0 Å². The highest BCUT2D eigenvalue weighted by atomic mass is 19.4. The Hall–Kier alpha value is -1.04. The predicted molar refractivity (Wildman–Crippen MR) is 45.6 cm³/mol. The molecule has 2 N–H and O–H groups in total. The topological polar surface area (TPSA) is 43.8 Å². The first-order chi connectivity index (χ1) is 6.46. The standard InChI is InChI=1S/C8H12F3N3/c1-6-7(3-2-4-12)5-13-14(6)8(9,10)11/h5H,2-4,12H2,1H3. The molecule has 1 aromatic rings. The van der Waals surface area contributed by atoms with Crippen LogP contribution in [0.25, 0.3) is 0 Å². The molecule has 0 aliphatic carbocycles. The molecular weight excluding hydrogens is 195 g/mol. The number of alkyl halides is 3. The van der Waals surface area contributed by atoms with Crippen LogP contribution in [-0.4, -0.2) is 16.3 Å². The van der Waals surface area contributed by atoms with Crippen molar-refractivity contribution in [3.63, 3.8) is 0 Å². The Kier molecular flexibility index (Phi) is 3.15. The van der Waals surface area contributed by atoms with Gasteiger partial charge in [-0.25, -0.2) is 0 Å². The first-order valence-electron chi connectivity index (χ1n) is 4.27. The Balaban J connectivity index is 2.86. The number of halogens is 3. The molecule has 14 heavy (non-hydrogen) atoms. The number of aryl methyl sites for hydroxylation is 1. The first-order valence-corrected chi connectivity index (χ1v) is 4.27. The normalized spacial score (nSPS) is 12.1. The second-order valence-electron chi connectivity index (χ2n) is 3.03. The zero-order chi connectivity index (χ0) is 10.8. The first kappa shape index (κ1) is 11.0. The van der Waals surface area contributed by atoms with E-state index in [9.17, 15) is 13.2 Å². The summed E-state index contributed by atoms with van der Waals surface area (Å²) in [6.45, 7) is 1.88. The van der Waals surface area contributed by atoms with Gasteiger partial charge in [-0.1, -0.05) is 0 Å². The van der Waals surface area contributed by atoms with Gasteiger partial charge in [0.05, 0.1) is 6.20 Å². The zero-order valence-electron chi connectivity index (χ0n) is 7.80. The maximum atomic E-state index is 12.3. The number of rotatable bonds is 3.